The second-order valence-electron chi connectivity index (χ2n) is 8.65. The summed E-state index contributed by atoms with van der Waals surface area (Å²) in [6, 6.07) is 19.8. The van der Waals surface area contributed by atoms with Gasteiger partial charge in [0, 0.05) is 5.56 Å². The molecule has 4 rings (SSSR count). The Balaban J connectivity index is 1.87. The molecule has 144 valence electrons. The van der Waals surface area contributed by atoms with Gasteiger partial charge in [-0.1, -0.05) is 63.2 Å². The Bertz CT molecular complexity index is 1030. The summed E-state index contributed by atoms with van der Waals surface area (Å²) in [5.41, 5.74) is 10.4. The number of aryl methyl sites for hydroxylation is 1. The fourth-order valence-corrected chi connectivity index (χ4v) is 4.24. The van der Waals surface area contributed by atoms with E-state index in [9.17, 15) is 5.11 Å². The molecule has 3 aromatic rings. The molecule has 0 heterocycles. The molecule has 0 aliphatic heterocycles. The van der Waals surface area contributed by atoms with Crippen molar-refractivity contribution in [2.75, 3.05) is 13.2 Å². The van der Waals surface area contributed by atoms with E-state index in [-0.39, 0.29) is 12.0 Å². The van der Waals surface area contributed by atoms with Gasteiger partial charge in [0.25, 0.3) is 0 Å². The predicted octanol–water partition coefficient (Wildman–Crippen LogP) is 5.90. The van der Waals surface area contributed by atoms with Crippen LogP contribution in [-0.2, 0) is 11.8 Å². The van der Waals surface area contributed by atoms with Crippen LogP contribution in [0.15, 0.2) is 54.6 Å². The Labute approximate surface area is 167 Å². The van der Waals surface area contributed by atoms with E-state index in [1.807, 2.05) is 0 Å². The number of rotatable bonds is 4. The number of ether oxygens (including phenoxy) is 1. The van der Waals surface area contributed by atoms with Crippen molar-refractivity contribution in [3.8, 4) is 28.0 Å². The lowest BCUT2D eigenvalue weighted by atomic mass is 9.82. The first kappa shape index (κ1) is 18.8. The zero-order valence-electron chi connectivity index (χ0n) is 17.2. The molecule has 2 heteroatoms. The fourth-order valence-electron chi connectivity index (χ4n) is 4.24. The lowest BCUT2D eigenvalue weighted by Crippen LogP contribution is -2.15. The van der Waals surface area contributed by atoms with Crippen molar-refractivity contribution in [3.63, 3.8) is 0 Å². The first-order chi connectivity index (χ1) is 13.4. The molecule has 0 radical (unpaired) electrons. The first-order valence-corrected chi connectivity index (χ1v) is 9.99. The van der Waals surface area contributed by atoms with Crippen molar-refractivity contribution in [2.45, 2.75) is 39.5 Å². The molecule has 1 aliphatic rings. The average Bonchev–Trinajstić information content (AvgIpc) is 3.04. The zero-order valence-corrected chi connectivity index (χ0v) is 17.2. The van der Waals surface area contributed by atoms with Crippen LogP contribution in [0, 0.1) is 6.92 Å². The van der Waals surface area contributed by atoms with E-state index in [2.05, 4.69) is 82.3 Å². The van der Waals surface area contributed by atoms with Crippen LogP contribution in [0.2, 0.25) is 0 Å². The minimum absolute atomic E-state index is 0.0227. The van der Waals surface area contributed by atoms with Crippen molar-refractivity contribution in [1.82, 2.24) is 0 Å². The van der Waals surface area contributed by atoms with Crippen LogP contribution in [-0.4, -0.2) is 18.3 Å². The number of hydrogen-bond acceptors (Lipinski definition) is 2. The molecule has 3 aromatic carbocycles. The van der Waals surface area contributed by atoms with E-state index in [1.165, 1.54) is 44.5 Å². The van der Waals surface area contributed by atoms with E-state index in [1.54, 1.807) is 0 Å². The highest BCUT2D eigenvalue weighted by Crippen LogP contribution is 2.44. The molecule has 0 fully saturated rings. The first-order valence-electron chi connectivity index (χ1n) is 9.99. The minimum atomic E-state index is -0.0475. The van der Waals surface area contributed by atoms with E-state index >= 15 is 0 Å². The Kier molecular flexibility index (Phi) is 4.76. The van der Waals surface area contributed by atoms with Crippen LogP contribution in [0.4, 0.5) is 0 Å². The molecule has 2 nitrogen and oxygen atoms in total. The summed E-state index contributed by atoms with van der Waals surface area (Å²) in [7, 11) is 0. The Morgan fingerprint density at radius 3 is 2.29 bits per heavy atom. The van der Waals surface area contributed by atoms with Gasteiger partial charge in [0.15, 0.2) is 0 Å². The van der Waals surface area contributed by atoms with Crippen molar-refractivity contribution < 1.29 is 9.84 Å². The number of benzene rings is 3. The summed E-state index contributed by atoms with van der Waals surface area (Å²) in [5.74, 6) is 0.874. The van der Waals surface area contributed by atoms with Gasteiger partial charge in [-0.25, -0.2) is 0 Å². The molecule has 1 aliphatic carbocycles. The summed E-state index contributed by atoms with van der Waals surface area (Å²) in [5, 5.41) is 9.19. The van der Waals surface area contributed by atoms with Gasteiger partial charge in [-0.15, -0.1) is 0 Å². The standard InChI is InChI=1S/C26H28O2/c1-17-14-25(28-13-12-27)24(26(2,3)4)16-22(17)21-11-7-10-20-19-9-6-5-8-18(19)15-23(20)21/h5-11,14,16,27H,12-13,15H2,1-4H3. The SMILES string of the molecule is Cc1cc(OCCO)c(C(C)(C)C)cc1-c1cccc2c1Cc1ccccc1-2. The van der Waals surface area contributed by atoms with E-state index in [0.29, 0.717) is 6.61 Å². The predicted molar refractivity (Wildman–Crippen MR) is 116 cm³/mol. The third-order valence-corrected chi connectivity index (χ3v) is 5.62. The summed E-state index contributed by atoms with van der Waals surface area (Å²) < 4.78 is 5.88. The number of fused-ring (bicyclic) bond motifs is 3. The molecule has 0 unspecified atom stereocenters. The van der Waals surface area contributed by atoms with Gasteiger partial charge < -0.3 is 9.84 Å². The van der Waals surface area contributed by atoms with Gasteiger partial charge in [0.1, 0.15) is 12.4 Å². The monoisotopic (exact) mass is 372 g/mol. The molecule has 1 N–H and O–H groups in total. The molecule has 0 bridgehead atoms. The largest absolute Gasteiger partial charge is 0.491 e. The highest BCUT2D eigenvalue weighted by atomic mass is 16.5. The van der Waals surface area contributed by atoms with Crippen LogP contribution in [0.1, 0.15) is 43.0 Å². The maximum Gasteiger partial charge on any atom is 0.123 e. The van der Waals surface area contributed by atoms with Crippen LogP contribution < -0.4 is 4.74 Å². The molecule has 0 amide bonds. The second-order valence-corrected chi connectivity index (χ2v) is 8.65. The topological polar surface area (TPSA) is 29.5 Å². The van der Waals surface area contributed by atoms with Crippen LogP contribution in [0.5, 0.6) is 5.75 Å². The van der Waals surface area contributed by atoms with Crippen LogP contribution >= 0.6 is 0 Å². The highest BCUT2D eigenvalue weighted by molar-refractivity contribution is 5.86. The molecule has 28 heavy (non-hydrogen) atoms. The minimum Gasteiger partial charge on any atom is -0.491 e. The fraction of sp³-hybridized carbons (Fsp3) is 0.308. The zero-order chi connectivity index (χ0) is 19.9. The van der Waals surface area contributed by atoms with Gasteiger partial charge >= 0.3 is 0 Å². The van der Waals surface area contributed by atoms with Gasteiger partial charge in [0.05, 0.1) is 6.61 Å². The Morgan fingerprint density at radius 1 is 0.893 bits per heavy atom. The maximum atomic E-state index is 9.19. The third kappa shape index (κ3) is 3.22. The lowest BCUT2D eigenvalue weighted by molar-refractivity contribution is 0.199. The summed E-state index contributed by atoms with van der Waals surface area (Å²) in [6.45, 7) is 9.11. The third-order valence-electron chi connectivity index (χ3n) is 5.62. The van der Waals surface area contributed by atoms with Crippen LogP contribution in [0.25, 0.3) is 22.3 Å². The molecular weight excluding hydrogens is 344 g/mol. The van der Waals surface area contributed by atoms with Crippen LogP contribution in [0.3, 0.4) is 0 Å². The van der Waals surface area contributed by atoms with Gasteiger partial charge in [-0.3, -0.25) is 0 Å². The van der Waals surface area contributed by atoms with Gasteiger partial charge in [0.2, 0.25) is 0 Å². The number of hydrogen-bond donors (Lipinski definition) is 1. The summed E-state index contributed by atoms with van der Waals surface area (Å²) in [6.07, 6.45) is 0.981. The summed E-state index contributed by atoms with van der Waals surface area (Å²) in [4.78, 5) is 0. The highest BCUT2D eigenvalue weighted by Gasteiger charge is 2.25. The number of aliphatic hydroxyl groups is 1. The molecule has 0 aromatic heterocycles. The number of aliphatic hydroxyl groups excluding tert-OH is 1. The normalized spacial score (nSPS) is 12.6. The molecular formula is C26H28O2. The molecule has 0 saturated heterocycles. The Morgan fingerprint density at radius 2 is 1.57 bits per heavy atom. The maximum absolute atomic E-state index is 9.19. The van der Waals surface area contributed by atoms with Crippen molar-refractivity contribution in [3.05, 3.63) is 76.9 Å². The summed E-state index contributed by atoms with van der Waals surface area (Å²) >= 11 is 0. The van der Waals surface area contributed by atoms with E-state index in [0.717, 1.165) is 12.2 Å². The average molecular weight is 373 g/mol. The van der Waals surface area contributed by atoms with Crippen molar-refractivity contribution >= 4 is 0 Å². The Hall–Kier alpha value is -2.58. The van der Waals surface area contributed by atoms with E-state index < -0.39 is 0 Å². The van der Waals surface area contributed by atoms with Gasteiger partial charge in [-0.2, -0.15) is 0 Å². The van der Waals surface area contributed by atoms with Gasteiger partial charge in [-0.05, 0) is 69.8 Å². The molecule has 0 saturated carbocycles. The smallest absolute Gasteiger partial charge is 0.123 e. The lowest BCUT2D eigenvalue weighted by Gasteiger charge is -2.25. The quantitative estimate of drug-likeness (QED) is 0.483. The van der Waals surface area contributed by atoms with E-state index in [4.69, 9.17) is 4.74 Å². The van der Waals surface area contributed by atoms with Crippen molar-refractivity contribution in [2.24, 2.45) is 0 Å². The molecule has 0 atom stereocenters. The second kappa shape index (κ2) is 7.10. The van der Waals surface area contributed by atoms with Crippen molar-refractivity contribution in [1.29, 1.82) is 0 Å². The molecule has 0 spiro atoms.